The van der Waals surface area contributed by atoms with Gasteiger partial charge in [0.25, 0.3) is 0 Å². The van der Waals surface area contributed by atoms with Crippen LogP contribution in [0.4, 0.5) is 0 Å². The van der Waals surface area contributed by atoms with Crippen molar-refractivity contribution in [1.29, 1.82) is 5.26 Å². The minimum absolute atomic E-state index is 0.595. The van der Waals surface area contributed by atoms with Gasteiger partial charge in [0.05, 0.1) is 0 Å². The zero-order valence-electron chi connectivity index (χ0n) is 6.88. The molecule has 0 aliphatic carbocycles. The van der Waals surface area contributed by atoms with E-state index < -0.39 is 0 Å². The van der Waals surface area contributed by atoms with E-state index in [-0.39, 0.29) is 0 Å². The quantitative estimate of drug-likeness (QED) is 0.504. The summed E-state index contributed by atoms with van der Waals surface area (Å²) in [5.74, 6) is 0. The van der Waals surface area contributed by atoms with Crippen molar-refractivity contribution in [3.05, 3.63) is 12.3 Å². The summed E-state index contributed by atoms with van der Waals surface area (Å²) in [6.07, 6.45) is 0. The zero-order chi connectivity index (χ0) is 8.27. The largest absolute Gasteiger partial charge is 0.361 e. The number of rotatable bonds is 1. The van der Waals surface area contributed by atoms with Gasteiger partial charge in [-0.05, 0) is 7.05 Å². The topological polar surface area (TPSA) is 30.3 Å². The van der Waals surface area contributed by atoms with Crippen molar-refractivity contribution in [3.8, 4) is 6.07 Å². The number of piperazine rings is 1. The van der Waals surface area contributed by atoms with E-state index in [9.17, 15) is 0 Å². The van der Waals surface area contributed by atoms with Gasteiger partial charge in [0.1, 0.15) is 11.8 Å². The molecular weight excluding hydrogens is 138 g/mol. The lowest BCUT2D eigenvalue weighted by Gasteiger charge is -2.32. The van der Waals surface area contributed by atoms with E-state index in [1.54, 1.807) is 0 Å². The molecule has 1 aliphatic heterocycles. The van der Waals surface area contributed by atoms with Gasteiger partial charge in [-0.15, -0.1) is 0 Å². The summed E-state index contributed by atoms with van der Waals surface area (Å²) < 4.78 is 0. The number of hydrogen-bond donors (Lipinski definition) is 0. The van der Waals surface area contributed by atoms with E-state index in [1.807, 2.05) is 4.90 Å². The maximum atomic E-state index is 8.55. The first-order valence-corrected chi connectivity index (χ1v) is 3.76. The molecule has 0 saturated carbocycles. The summed E-state index contributed by atoms with van der Waals surface area (Å²) in [6, 6.07) is 2.06. The number of likely N-dealkylation sites (N-methyl/N-ethyl adjacent to an activating group) is 1. The van der Waals surface area contributed by atoms with Crippen molar-refractivity contribution >= 4 is 0 Å². The maximum Gasteiger partial charge on any atom is 0.116 e. The fourth-order valence-corrected chi connectivity index (χ4v) is 1.15. The predicted octanol–water partition coefficient (Wildman–Crippen LogP) is 0.271. The number of allylic oxidation sites excluding steroid dienone is 1. The molecule has 1 fully saturated rings. The normalized spacial score (nSPS) is 19.5. The van der Waals surface area contributed by atoms with Crippen molar-refractivity contribution in [1.82, 2.24) is 9.80 Å². The van der Waals surface area contributed by atoms with Gasteiger partial charge in [0.2, 0.25) is 0 Å². The van der Waals surface area contributed by atoms with Crippen molar-refractivity contribution in [3.63, 3.8) is 0 Å². The second-order valence-corrected chi connectivity index (χ2v) is 2.85. The van der Waals surface area contributed by atoms with Gasteiger partial charge in [-0.1, -0.05) is 6.58 Å². The molecule has 0 aromatic rings. The summed E-state index contributed by atoms with van der Waals surface area (Å²) in [6.45, 7) is 7.59. The SMILES string of the molecule is C=C(C#N)N1CCN(C)CC1. The van der Waals surface area contributed by atoms with E-state index in [0.717, 1.165) is 26.2 Å². The Morgan fingerprint density at radius 1 is 1.36 bits per heavy atom. The molecule has 0 amide bonds. The Hall–Kier alpha value is -1.01. The number of nitrogens with zero attached hydrogens (tertiary/aromatic N) is 3. The van der Waals surface area contributed by atoms with Crippen LogP contribution in [-0.4, -0.2) is 43.0 Å². The van der Waals surface area contributed by atoms with Crippen molar-refractivity contribution in [2.45, 2.75) is 0 Å². The molecule has 1 rings (SSSR count). The summed E-state index contributed by atoms with van der Waals surface area (Å²) in [5, 5.41) is 8.55. The third kappa shape index (κ3) is 1.95. The lowest BCUT2D eigenvalue weighted by molar-refractivity contribution is 0.191. The molecule has 0 atom stereocenters. The Bertz CT molecular complexity index is 184. The van der Waals surface area contributed by atoms with Crippen LogP contribution in [0, 0.1) is 11.3 Å². The van der Waals surface area contributed by atoms with Crippen LogP contribution < -0.4 is 0 Å². The predicted molar refractivity (Wildman–Crippen MR) is 43.8 cm³/mol. The lowest BCUT2D eigenvalue weighted by Crippen LogP contribution is -2.43. The van der Waals surface area contributed by atoms with Crippen LogP contribution in [0.1, 0.15) is 0 Å². The van der Waals surface area contributed by atoms with Crippen molar-refractivity contribution in [2.75, 3.05) is 33.2 Å². The van der Waals surface area contributed by atoms with Gasteiger partial charge >= 0.3 is 0 Å². The van der Waals surface area contributed by atoms with Crippen LogP contribution in [0.15, 0.2) is 12.3 Å². The van der Waals surface area contributed by atoms with Crippen LogP contribution in [0.5, 0.6) is 0 Å². The molecule has 0 aromatic heterocycles. The molecule has 1 aliphatic rings. The van der Waals surface area contributed by atoms with Gasteiger partial charge in [-0.2, -0.15) is 5.26 Å². The maximum absolute atomic E-state index is 8.55. The molecule has 60 valence electrons. The summed E-state index contributed by atoms with van der Waals surface area (Å²) in [7, 11) is 2.09. The van der Waals surface area contributed by atoms with Crippen LogP contribution in [-0.2, 0) is 0 Å². The average molecular weight is 151 g/mol. The van der Waals surface area contributed by atoms with Gasteiger partial charge in [0.15, 0.2) is 0 Å². The molecule has 0 spiro atoms. The van der Waals surface area contributed by atoms with Crippen LogP contribution in [0.3, 0.4) is 0 Å². The fourth-order valence-electron chi connectivity index (χ4n) is 1.15. The van der Waals surface area contributed by atoms with Crippen molar-refractivity contribution < 1.29 is 0 Å². The molecule has 0 unspecified atom stereocenters. The zero-order valence-corrected chi connectivity index (χ0v) is 6.88. The summed E-state index contributed by atoms with van der Waals surface area (Å²) >= 11 is 0. The van der Waals surface area contributed by atoms with E-state index in [2.05, 4.69) is 24.6 Å². The Balaban J connectivity index is 2.40. The highest BCUT2D eigenvalue weighted by Gasteiger charge is 2.13. The molecule has 0 radical (unpaired) electrons. The van der Waals surface area contributed by atoms with E-state index >= 15 is 0 Å². The van der Waals surface area contributed by atoms with Crippen molar-refractivity contribution in [2.24, 2.45) is 0 Å². The second-order valence-electron chi connectivity index (χ2n) is 2.85. The van der Waals surface area contributed by atoms with E-state index in [4.69, 9.17) is 5.26 Å². The standard InChI is InChI=1S/C8H13N3/c1-8(7-9)11-5-3-10(2)4-6-11/h1,3-6H2,2H3. The van der Waals surface area contributed by atoms with E-state index in [1.165, 1.54) is 0 Å². The summed E-state index contributed by atoms with van der Waals surface area (Å²) in [5.41, 5.74) is 0.595. The Morgan fingerprint density at radius 3 is 2.36 bits per heavy atom. The molecule has 1 heterocycles. The van der Waals surface area contributed by atoms with Crippen LogP contribution >= 0.6 is 0 Å². The number of hydrogen-bond acceptors (Lipinski definition) is 3. The fraction of sp³-hybridized carbons (Fsp3) is 0.625. The highest BCUT2D eigenvalue weighted by Crippen LogP contribution is 2.04. The highest BCUT2D eigenvalue weighted by molar-refractivity contribution is 5.15. The van der Waals surface area contributed by atoms with Gasteiger partial charge in [-0.3, -0.25) is 0 Å². The van der Waals surface area contributed by atoms with Gasteiger partial charge < -0.3 is 9.80 Å². The highest BCUT2D eigenvalue weighted by atomic mass is 15.2. The smallest absolute Gasteiger partial charge is 0.116 e. The third-order valence-corrected chi connectivity index (χ3v) is 2.01. The molecule has 0 aromatic carbocycles. The first-order valence-electron chi connectivity index (χ1n) is 3.76. The first-order chi connectivity index (χ1) is 5.24. The molecule has 11 heavy (non-hydrogen) atoms. The minimum Gasteiger partial charge on any atom is -0.361 e. The van der Waals surface area contributed by atoms with E-state index in [0.29, 0.717) is 5.70 Å². The molecular formula is C8H13N3. The lowest BCUT2D eigenvalue weighted by atomic mass is 10.3. The second kappa shape index (κ2) is 3.40. The first kappa shape index (κ1) is 8.09. The Labute approximate surface area is 67.5 Å². The molecule has 3 nitrogen and oxygen atoms in total. The Kier molecular flexibility index (Phi) is 2.50. The minimum atomic E-state index is 0.595. The van der Waals surface area contributed by atoms with Crippen LogP contribution in [0.25, 0.3) is 0 Å². The number of nitriles is 1. The average Bonchev–Trinajstić information content (AvgIpc) is 2.05. The van der Waals surface area contributed by atoms with Crippen LogP contribution in [0.2, 0.25) is 0 Å². The van der Waals surface area contributed by atoms with Gasteiger partial charge in [-0.25, -0.2) is 0 Å². The Morgan fingerprint density at radius 2 is 1.91 bits per heavy atom. The molecule has 1 saturated heterocycles. The van der Waals surface area contributed by atoms with Gasteiger partial charge in [0, 0.05) is 26.2 Å². The third-order valence-electron chi connectivity index (χ3n) is 2.01. The monoisotopic (exact) mass is 151 g/mol. The molecule has 3 heteroatoms. The summed E-state index contributed by atoms with van der Waals surface area (Å²) in [4.78, 5) is 4.28. The molecule has 0 bridgehead atoms. The molecule has 0 N–H and O–H groups in total.